The van der Waals surface area contributed by atoms with Crippen molar-refractivity contribution >= 4 is 23.1 Å². The Hall–Kier alpha value is -0.0600. The Morgan fingerprint density at radius 2 is 2.33 bits per heavy atom. The van der Waals surface area contributed by atoms with Gasteiger partial charge in [-0.3, -0.25) is 0 Å². The summed E-state index contributed by atoms with van der Waals surface area (Å²) in [5, 5.41) is 4.83. The maximum absolute atomic E-state index is 4.91. The summed E-state index contributed by atoms with van der Waals surface area (Å²) < 4.78 is 0. The van der Waals surface area contributed by atoms with E-state index in [1.807, 2.05) is 23.1 Å². The van der Waals surface area contributed by atoms with Crippen molar-refractivity contribution in [2.24, 2.45) is 0 Å². The molecule has 1 atom stereocenters. The lowest BCUT2D eigenvalue weighted by Crippen LogP contribution is -2.24. The molecule has 1 aliphatic rings. The molecule has 0 aromatic carbocycles. The second-order valence-corrected chi connectivity index (χ2v) is 7.14. The Labute approximate surface area is 119 Å². The first-order valence-corrected chi connectivity index (χ1v) is 9.09. The molecule has 1 aromatic rings. The molecule has 1 aromatic heterocycles. The van der Waals surface area contributed by atoms with Crippen LogP contribution in [0.4, 0.5) is 0 Å². The van der Waals surface area contributed by atoms with Crippen molar-refractivity contribution in [3.05, 3.63) is 15.6 Å². The minimum Gasteiger partial charge on any atom is -0.316 e. The van der Waals surface area contributed by atoms with Crippen LogP contribution in [-0.4, -0.2) is 23.8 Å². The molecule has 2 rings (SSSR count). The number of rotatable bonds is 7. The molecular formula is C14H24N2S2. The maximum Gasteiger partial charge on any atom is 0.103 e. The summed E-state index contributed by atoms with van der Waals surface area (Å²) in [6.45, 7) is 6.59. The lowest BCUT2D eigenvalue weighted by molar-refractivity contribution is 0.508. The minimum atomic E-state index is 0.662. The van der Waals surface area contributed by atoms with Crippen LogP contribution < -0.4 is 5.32 Å². The molecule has 1 unspecified atom stereocenters. The fraction of sp³-hybridized carbons (Fsp3) is 0.786. The summed E-state index contributed by atoms with van der Waals surface area (Å²) in [5.41, 5.74) is 1.42. The van der Waals surface area contributed by atoms with E-state index in [9.17, 15) is 0 Å². The van der Waals surface area contributed by atoms with Gasteiger partial charge in [0.1, 0.15) is 5.01 Å². The van der Waals surface area contributed by atoms with Crippen LogP contribution in [0.2, 0.25) is 0 Å². The van der Waals surface area contributed by atoms with Gasteiger partial charge in [-0.15, -0.1) is 11.3 Å². The molecule has 0 amide bonds. The Bertz CT molecular complexity index is 363. The van der Waals surface area contributed by atoms with Gasteiger partial charge in [0, 0.05) is 23.1 Å². The summed E-state index contributed by atoms with van der Waals surface area (Å²) >= 11 is 3.98. The average molecular weight is 284 g/mol. The fourth-order valence-electron chi connectivity index (χ4n) is 2.44. The molecule has 0 saturated heterocycles. The van der Waals surface area contributed by atoms with Crippen LogP contribution in [0.5, 0.6) is 0 Å². The van der Waals surface area contributed by atoms with Gasteiger partial charge in [0.25, 0.3) is 0 Å². The first-order valence-electron chi connectivity index (χ1n) is 7.12. The van der Waals surface area contributed by atoms with Crippen LogP contribution in [0, 0.1) is 0 Å². The van der Waals surface area contributed by atoms with Crippen LogP contribution in [0.3, 0.4) is 0 Å². The van der Waals surface area contributed by atoms with E-state index in [4.69, 9.17) is 4.98 Å². The van der Waals surface area contributed by atoms with Crippen molar-refractivity contribution in [2.45, 2.75) is 51.2 Å². The number of likely N-dealkylation sites (N-methyl/N-ethyl adjacent to an activating group) is 1. The normalized spacial score (nSPS) is 18.9. The van der Waals surface area contributed by atoms with Crippen LogP contribution in [-0.2, 0) is 12.2 Å². The maximum atomic E-state index is 4.91. The molecule has 0 spiro atoms. The van der Waals surface area contributed by atoms with Crippen LogP contribution in [0.25, 0.3) is 0 Å². The van der Waals surface area contributed by atoms with Crippen molar-refractivity contribution in [3.63, 3.8) is 0 Å². The van der Waals surface area contributed by atoms with E-state index in [-0.39, 0.29) is 0 Å². The molecule has 4 heteroatoms. The molecule has 1 N–H and O–H groups in total. The lowest BCUT2D eigenvalue weighted by atomic mass is 9.91. The Morgan fingerprint density at radius 1 is 1.44 bits per heavy atom. The zero-order chi connectivity index (χ0) is 12.8. The van der Waals surface area contributed by atoms with E-state index in [2.05, 4.69) is 19.2 Å². The predicted molar refractivity (Wildman–Crippen MR) is 82.8 cm³/mol. The quantitative estimate of drug-likeness (QED) is 0.771. The zero-order valence-corrected chi connectivity index (χ0v) is 13.1. The third-order valence-corrected chi connectivity index (χ3v) is 5.82. The van der Waals surface area contributed by atoms with E-state index in [1.165, 1.54) is 42.1 Å². The Kier molecular flexibility index (Phi) is 5.99. The third kappa shape index (κ3) is 3.72. The van der Waals surface area contributed by atoms with E-state index >= 15 is 0 Å². The van der Waals surface area contributed by atoms with Crippen molar-refractivity contribution in [3.8, 4) is 0 Å². The van der Waals surface area contributed by atoms with Gasteiger partial charge in [0.15, 0.2) is 0 Å². The van der Waals surface area contributed by atoms with Crippen LogP contribution in [0.15, 0.2) is 0 Å². The summed E-state index contributed by atoms with van der Waals surface area (Å²) in [5.74, 6) is 3.03. The molecule has 1 aliphatic carbocycles. The Morgan fingerprint density at radius 3 is 3.11 bits per heavy atom. The molecule has 0 aliphatic heterocycles. The summed E-state index contributed by atoms with van der Waals surface area (Å²) in [7, 11) is 0. The van der Waals surface area contributed by atoms with Gasteiger partial charge < -0.3 is 5.32 Å². The molecule has 18 heavy (non-hydrogen) atoms. The third-order valence-electron chi connectivity index (χ3n) is 3.33. The van der Waals surface area contributed by atoms with Gasteiger partial charge in [0.2, 0.25) is 0 Å². The highest BCUT2D eigenvalue weighted by Gasteiger charge is 2.24. The van der Waals surface area contributed by atoms with E-state index in [0.717, 1.165) is 18.8 Å². The summed E-state index contributed by atoms with van der Waals surface area (Å²) in [4.78, 5) is 6.48. The number of hydrogen-bond acceptors (Lipinski definition) is 4. The van der Waals surface area contributed by atoms with E-state index in [1.54, 1.807) is 4.88 Å². The van der Waals surface area contributed by atoms with E-state index in [0.29, 0.717) is 5.92 Å². The number of nitrogens with zero attached hydrogens (tertiary/aromatic N) is 1. The number of thioether (sulfide) groups is 1. The molecule has 1 heterocycles. The van der Waals surface area contributed by atoms with Gasteiger partial charge in [-0.1, -0.05) is 13.8 Å². The minimum absolute atomic E-state index is 0.662. The van der Waals surface area contributed by atoms with Gasteiger partial charge in [-0.05, 0) is 38.0 Å². The second-order valence-electron chi connectivity index (χ2n) is 4.87. The van der Waals surface area contributed by atoms with Crippen molar-refractivity contribution in [1.29, 1.82) is 0 Å². The molecule has 102 valence electrons. The number of nitrogens with one attached hydrogen (secondary N) is 1. The van der Waals surface area contributed by atoms with Gasteiger partial charge in [-0.2, -0.15) is 11.8 Å². The van der Waals surface area contributed by atoms with E-state index < -0.39 is 0 Å². The molecule has 2 nitrogen and oxygen atoms in total. The van der Waals surface area contributed by atoms with Crippen molar-refractivity contribution < 1.29 is 0 Å². The highest BCUT2D eigenvalue weighted by molar-refractivity contribution is 7.98. The number of fused-ring (bicyclic) bond motifs is 1. The summed E-state index contributed by atoms with van der Waals surface area (Å²) in [6.07, 6.45) is 5.17. The SMILES string of the molecule is CCCSCc1nc2c(s1)CCCC2CNCC. The number of thiazole rings is 1. The predicted octanol–water partition coefficient (Wildman–Crippen LogP) is 3.82. The number of aryl methyl sites for hydroxylation is 1. The van der Waals surface area contributed by atoms with Crippen LogP contribution >= 0.6 is 23.1 Å². The standard InChI is InChI=1S/C14H24N2S2/c1-3-8-17-10-13-16-14-11(9-15-4-2)6-5-7-12(14)18-13/h11,15H,3-10H2,1-2H3. The molecule has 0 bridgehead atoms. The summed E-state index contributed by atoms with van der Waals surface area (Å²) in [6, 6.07) is 0. The average Bonchev–Trinajstić information content (AvgIpc) is 2.80. The van der Waals surface area contributed by atoms with Crippen LogP contribution in [0.1, 0.15) is 54.6 Å². The highest BCUT2D eigenvalue weighted by atomic mass is 32.2. The lowest BCUT2D eigenvalue weighted by Gasteiger charge is -2.21. The first kappa shape index (κ1) is 14.4. The Balaban J connectivity index is 1.98. The molecule has 0 saturated carbocycles. The van der Waals surface area contributed by atoms with Crippen molar-refractivity contribution in [1.82, 2.24) is 10.3 Å². The second kappa shape index (κ2) is 7.51. The smallest absolute Gasteiger partial charge is 0.103 e. The van der Waals surface area contributed by atoms with Gasteiger partial charge in [-0.25, -0.2) is 4.98 Å². The highest BCUT2D eigenvalue weighted by Crippen LogP contribution is 2.35. The monoisotopic (exact) mass is 284 g/mol. The topological polar surface area (TPSA) is 24.9 Å². The molecular weight excluding hydrogens is 260 g/mol. The number of hydrogen-bond donors (Lipinski definition) is 1. The van der Waals surface area contributed by atoms with Gasteiger partial charge in [0.05, 0.1) is 5.69 Å². The van der Waals surface area contributed by atoms with Crippen molar-refractivity contribution in [2.75, 3.05) is 18.8 Å². The largest absolute Gasteiger partial charge is 0.316 e. The molecule has 0 radical (unpaired) electrons. The zero-order valence-electron chi connectivity index (χ0n) is 11.5. The number of aromatic nitrogens is 1. The fourth-order valence-corrected chi connectivity index (χ4v) is 4.59. The van der Waals surface area contributed by atoms with Gasteiger partial charge >= 0.3 is 0 Å². The first-order chi connectivity index (χ1) is 8.85. The molecule has 0 fully saturated rings.